The fourth-order valence-electron chi connectivity index (χ4n) is 3.75. The highest BCUT2D eigenvalue weighted by Crippen LogP contribution is 2.30. The first kappa shape index (κ1) is 20.8. The van der Waals surface area contributed by atoms with Gasteiger partial charge in [0.1, 0.15) is 17.4 Å². The van der Waals surface area contributed by atoms with E-state index in [4.69, 9.17) is 4.74 Å². The molecule has 0 aromatic heterocycles. The summed E-state index contributed by atoms with van der Waals surface area (Å²) in [7, 11) is 1.61. The lowest BCUT2D eigenvalue weighted by atomic mass is 9.98. The average Bonchev–Trinajstić information content (AvgIpc) is 3.18. The van der Waals surface area contributed by atoms with Crippen LogP contribution >= 0.6 is 0 Å². The van der Waals surface area contributed by atoms with Crippen LogP contribution < -0.4 is 10.1 Å². The Labute approximate surface area is 168 Å². The average molecular weight is 402 g/mol. The van der Waals surface area contributed by atoms with Crippen molar-refractivity contribution in [1.29, 1.82) is 0 Å². The first-order chi connectivity index (χ1) is 13.9. The fraction of sp³-hybridized carbons (Fsp3) is 0.364. The molecule has 154 valence electrons. The van der Waals surface area contributed by atoms with Gasteiger partial charge in [0.15, 0.2) is 0 Å². The summed E-state index contributed by atoms with van der Waals surface area (Å²) in [5, 5.41) is 2.51. The van der Waals surface area contributed by atoms with Crippen LogP contribution in [0.4, 0.5) is 8.78 Å². The second kappa shape index (κ2) is 9.03. The second-order valence-electron chi connectivity index (χ2n) is 7.19. The minimum atomic E-state index is -1.05. The van der Waals surface area contributed by atoms with Gasteiger partial charge in [0.05, 0.1) is 19.6 Å². The Hall–Kier alpha value is -2.96. The van der Waals surface area contributed by atoms with Gasteiger partial charge in [-0.25, -0.2) is 8.78 Å². The van der Waals surface area contributed by atoms with E-state index in [0.29, 0.717) is 13.1 Å². The van der Waals surface area contributed by atoms with Crippen molar-refractivity contribution in [1.82, 2.24) is 10.2 Å². The molecule has 0 bridgehead atoms. The van der Waals surface area contributed by atoms with Crippen molar-refractivity contribution in [3.63, 3.8) is 0 Å². The van der Waals surface area contributed by atoms with E-state index in [0.717, 1.165) is 29.9 Å². The Morgan fingerprint density at radius 1 is 1.17 bits per heavy atom. The zero-order valence-corrected chi connectivity index (χ0v) is 16.5. The molecule has 1 N–H and O–H groups in total. The first-order valence-corrected chi connectivity index (χ1v) is 9.51. The topological polar surface area (TPSA) is 58.6 Å². The number of nitrogens with zero attached hydrogens (tertiary/aromatic N) is 1. The Kier molecular flexibility index (Phi) is 6.46. The van der Waals surface area contributed by atoms with Crippen molar-refractivity contribution in [3.8, 4) is 5.75 Å². The Morgan fingerprint density at radius 2 is 1.83 bits per heavy atom. The van der Waals surface area contributed by atoms with E-state index >= 15 is 0 Å². The second-order valence-corrected chi connectivity index (χ2v) is 7.19. The largest absolute Gasteiger partial charge is 0.497 e. The van der Waals surface area contributed by atoms with Crippen LogP contribution in [-0.4, -0.2) is 36.9 Å². The SMILES string of the molecule is COc1ccc(C2CCN(C(=O)CC(NC(C)=O)c3c(F)cccc3F)C2)cc1. The van der Waals surface area contributed by atoms with E-state index in [1.54, 1.807) is 12.0 Å². The van der Waals surface area contributed by atoms with Gasteiger partial charge in [0, 0.05) is 31.5 Å². The van der Waals surface area contributed by atoms with Gasteiger partial charge in [-0.2, -0.15) is 0 Å². The molecule has 7 heteroatoms. The molecule has 1 fully saturated rings. The van der Waals surface area contributed by atoms with Crippen LogP contribution in [0, 0.1) is 11.6 Å². The molecule has 1 aliphatic heterocycles. The minimum Gasteiger partial charge on any atom is -0.497 e. The number of carbonyl (C=O) groups is 2. The Balaban J connectivity index is 1.70. The molecule has 0 saturated carbocycles. The molecule has 1 saturated heterocycles. The molecular weight excluding hydrogens is 378 g/mol. The van der Waals surface area contributed by atoms with Gasteiger partial charge in [-0.1, -0.05) is 18.2 Å². The normalized spacial score (nSPS) is 17.1. The summed E-state index contributed by atoms with van der Waals surface area (Å²) >= 11 is 0. The highest BCUT2D eigenvalue weighted by molar-refractivity contribution is 5.79. The van der Waals surface area contributed by atoms with Crippen LogP contribution in [0.2, 0.25) is 0 Å². The molecule has 29 heavy (non-hydrogen) atoms. The lowest BCUT2D eigenvalue weighted by molar-refractivity contribution is -0.131. The predicted octanol–water partition coefficient (Wildman–Crippen LogP) is 3.56. The van der Waals surface area contributed by atoms with Gasteiger partial charge in [0.2, 0.25) is 11.8 Å². The van der Waals surface area contributed by atoms with E-state index in [-0.39, 0.29) is 23.8 Å². The van der Waals surface area contributed by atoms with Gasteiger partial charge in [0.25, 0.3) is 0 Å². The molecule has 3 rings (SSSR count). The number of ether oxygens (including phenoxy) is 1. The van der Waals surface area contributed by atoms with E-state index in [1.165, 1.54) is 13.0 Å². The highest BCUT2D eigenvalue weighted by atomic mass is 19.1. The number of halogens is 2. The lowest BCUT2D eigenvalue weighted by Gasteiger charge is -2.23. The number of carbonyl (C=O) groups excluding carboxylic acids is 2. The van der Waals surface area contributed by atoms with Crippen molar-refractivity contribution in [2.24, 2.45) is 0 Å². The summed E-state index contributed by atoms with van der Waals surface area (Å²) in [5.41, 5.74) is 0.821. The maximum atomic E-state index is 14.2. The van der Waals surface area contributed by atoms with Crippen LogP contribution in [-0.2, 0) is 9.59 Å². The number of hydrogen-bond acceptors (Lipinski definition) is 3. The van der Waals surface area contributed by atoms with Crippen molar-refractivity contribution < 1.29 is 23.1 Å². The van der Waals surface area contributed by atoms with Crippen molar-refractivity contribution in [3.05, 3.63) is 65.2 Å². The van der Waals surface area contributed by atoms with Gasteiger partial charge in [-0.3, -0.25) is 9.59 Å². The quantitative estimate of drug-likeness (QED) is 0.804. The van der Waals surface area contributed by atoms with Gasteiger partial charge in [-0.05, 0) is 36.2 Å². The number of amides is 2. The van der Waals surface area contributed by atoms with Crippen molar-refractivity contribution in [2.75, 3.05) is 20.2 Å². The van der Waals surface area contributed by atoms with E-state index in [2.05, 4.69) is 5.32 Å². The van der Waals surface area contributed by atoms with Crippen LogP contribution in [0.25, 0.3) is 0 Å². The number of benzene rings is 2. The van der Waals surface area contributed by atoms with E-state index in [9.17, 15) is 18.4 Å². The maximum Gasteiger partial charge on any atom is 0.225 e. The minimum absolute atomic E-state index is 0.189. The third-order valence-corrected chi connectivity index (χ3v) is 5.23. The molecule has 5 nitrogen and oxygen atoms in total. The molecular formula is C22H24F2N2O3. The predicted molar refractivity (Wildman–Crippen MR) is 104 cm³/mol. The number of rotatable bonds is 6. The number of likely N-dealkylation sites (tertiary alicyclic amines) is 1. The summed E-state index contributed by atoms with van der Waals surface area (Å²) in [5.74, 6) is -1.31. The summed E-state index contributed by atoms with van der Waals surface area (Å²) in [6.07, 6.45) is 0.601. The standard InChI is InChI=1S/C22H24F2N2O3/c1-14(27)25-20(22-18(23)4-3-5-19(22)24)12-21(28)26-11-10-16(13-26)15-6-8-17(29-2)9-7-15/h3-9,16,20H,10-13H2,1-2H3,(H,25,27). The monoisotopic (exact) mass is 402 g/mol. The molecule has 1 aliphatic rings. The van der Waals surface area contributed by atoms with Crippen LogP contribution in [0.3, 0.4) is 0 Å². The zero-order chi connectivity index (χ0) is 21.0. The molecule has 2 aromatic rings. The van der Waals surface area contributed by atoms with Crippen LogP contribution in [0.15, 0.2) is 42.5 Å². The summed E-state index contributed by atoms with van der Waals surface area (Å²) in [6, 6.07) is 10.2. The number of nitrogens with one attached hydrogen (secondary N) is 1. The third-order valence-electron chi connectivity index (χ3n) is 5.23. The number of methoxy groups -OCH3 is 1. The molecule has 0 spiro atoms. The summed E-state index contributed by atoms with van der Waals surface area (Å²) in [6.45, 7) is 2.34. The smallest absolute Gasteiger partial charge is 0.225 e. The van der Waals surface area contributed by atoms with Gasteiger partial charge >= 0.3 is 0 Å². The fourth-order valence-corrected chi connectivity index (χ4v) is 3.75. The Morgan fingerprint density at radius 3 is 2.41 bits per heavy atom. The highest BCUT2D eigenvalue weighted by Gasteiger charge is 2.31. The Bertz CT molecular complexity index is 866. The van der Waals surface area contributed by atoms with Gasteiger partial charge < -0.3 is 15.0 Å². The van der Waals surface area contributed by atoms with E-state index < -0.39 is 23.6 Å². The maximum absolute atomic E-state index is 14.2. The molecule has 2 atom stereocenters. The van der Waals surface area contributed by atoms with Crippen LogP contribution in [0.1, 0.15) is 42.9 Å². The van der Waals surface area contributed by atoms with Crippen molar-refractivity contribution in [2.45, 2.75) is 31.7 Å². The van der Waals surface area contributed by atoms with Crippen molar-refractivity contribution >= 4 is 11.8 Å². The first-order valence-electron chi connectivity index (χ1n) is 9.51. The molecule has 2 amide bonds. The third kappa shape index (κ3) is 4.91. The zero-order valence-electron chi connectivity index (χ0n) is 16.5. The van der Waals surface area contributed by atoms with Crippen LogP contribution in [0.5, 0.6) is 5.75 Å². The molecule has 0 radical (unpaired) electrons. The van der Waals surface area contributed by atoms with E-state index in [1.807, 2.05) is 24.3 Å². The molecule has 0 aliphatic carbocycles. The molecule has 1 heterocycles. The lowest BCUT2D eigenvalue weighted by Crippen LogP contribution is -2.35. The molecule has 2 aromatic carbocycles. The summed E-state index contributed by atoms with van der Waals surface area (Å²) < 4.78 is 33.6. The molecule has 2 unspecified atom stereocenters. The summed E-state index contributed by atoms with van der Waals surface area (Å²) in [4.78, 5) is 26.1. The van der Waals surface area contributed by atoms with Gasteiger partial charge in [-0.15, -0.1) is 0 Å². The number of hydrogen-bond donors (Lipinski definition) is 1.